The molecule has 2 aromatic heterocycles. The lowest BCUT2D eigenvalue weighted by Gasteiger charge is -2.01. The van der Waals surface area contributed by atoms with Gasteiger partial charge in [-0.3, -0.25) is 0 Å². The summed E-state index contributed by atoms with van der Waals surface area (Å²) in [6, 6.07) is 0. The second-order valence-electron chi connectivity index (χ2n) is 3.29. The third-order valence-electron chi connectivity index (χ3n) is 1.99. The predicted molar refractivity (Wildman–Crippen MR) is 46.2 cm³/mol. The van der Waals surface area contributed by atoms with Crippen LogP contribution in [0.3, 0.4) is 0 Å². The maximum atomic E-state index is 12.2. The molecule has 0 unspecified atom stereocenters. The van der Waals surface area contributed by atoms with Crippen LogP contribution in [0.4, 0.5) is 26.3 Å². The van der Waals surface area contributed by atoms with Gasteiger partial charge in [-0.2, -0.15) is 26.3 Å². The first-order chi connectivity index (χ1) is 8.18. The molecule has 2 aromatic rings. The molecule has 0 radical (unpaired) electrons. The van der Waals surface area contributed by atoms with Crippen LogP contribution < -0.4 is 0 Å². The van der Waals surface area contributed by atoms with Crippen molar-refractivity contribution in [2.45, 2.75) is 12.4 Å². The van der Waals surface area contributed by atoms with Crippen LogP contribution in [-0.2, 0) is 12.4 Å². The number of hydrogen-bond donors (Lipinski definition) is 2. The van der Waals surface area contributed by atoms with Crippen molar-refractivity contribution in [1.82, 2.24) is 19.9 Å². The van der Waals surface area contributed by atoms with Crippen molar-refractivity contribution >= 4 is 0 Å². The molecule has 10 heteroatoms. The van der Waals surface area contributed by atoms with E-state index in [9.17, 15) is 26.3 Å². The first kappa shape index (κ1) is 12.5. The summed E-state index contributed by atoms with van der Waals surface area (Å²) in [6.07, 6.45) is -8.34. The van der Waals surface area contributed by atoms with Gasteiger partial charge in [-0.15, -0.1) is 0 Å². The van der Waals surface area contributed by atoms with Crippen molar-refractivity contribution in [3.05, 3.63) is 23.8 Å². The van der Waals surface area contributed by atoms with Crippen LogP contribution in [0.2, 0.25) is 0 Å². The SMILES string of the molecule is FC(F)(F)c1cnc(-c2ncc(C(F)(F)F)[nH]2)[nH]1. The van der Waals surface area contributed by atoms with E-state index in [0.29, 0.717) is 12.4 Å². The highest BCUT2D eigenvalue weighted by Gasteiger charge is 2.35. The highest BCUT2D eigenvalue weighted by Crippen LogP contribution is 2.31. The maximum absolute atomic E-state index is 12.2. The fraction of sp³-hybridized carbons (Fsp3) is 0.250. The zero-order valence-corrected chi connectivity index (χ0v) is 8.32. The molecule has 0 saturated carbocycles. The lowest BCUT2D eigenvalue weighted by atomic mass is 10.5. The van der Waals surface area contributed by atoms with E-state index in [1.807, 2.05) is 9.97 Å². The quantitative estimate of drug-likeness (QED) is 0.783. The molecule has 2 N–H and O–H groups in total. The normalized spacial score (nSPS) is 13.0. The van der Waals surface area contributed by atoms with E-state index in [0.717, 1.165) is 0 Å². The third kappa shape index (κ3) is 2.31. The summed E-state index contributed by atoms with van der Waals surface area (Å²) in [5, 5.41) is 0. The number of rotatable bonds is 1. The Morgan fingerprint density at radius 3 is 1.28 bits per heavy atom. The molecule has 0 saturated heterocycles. The number of alkyl halides is 6. The van der Waals surface area contributed by atoms with Gasteiger partial charge in [0.15, 0.2) is 11.6 Å². The molecule has 0 aliphatic carbocycles. The molecule has 2 heterocycles. The average Bonchev–Trinajstić information content (AvgIpc) is 2.84. The Morgan fingerprint density at radius 2 is 1.06 bits per heavy atom. The summed E-state index contributed by atoms with van der Waals surface area (Å²) in [4.78, 5) is 10.3. The van der Waals surface area contributed by atoms with E-state index >= 15 is 0 Å². The number of H-pyrrole nitrogens is 2. The Bertz CT molecular complexity index is 498. The van der Waals surface area contributed by atoms with Crippen molar-refractivity contribution in [3.63, 3.8) is 0 Å². The van der Waals surface area contributed by atoms with Crippen LogP contribution >= 0.6 is 0 Å². The van der Waals surface area contributed by atoms with Gasteiger partial charge in [0.1, 0.15) is 11.4 Å². The Balaban J connectivity index is 2.33. The number of aromatic amines is 2. The standard InChI is InChI=1S/C8H4F6N4/c9-7(10,11)3-1-15-5(17-3)6-16-2-4(18-6)8(12,13)14/h1-2H,(H,15,17)(H,16,18). The van der Waals surface area contributed by atoms with Crippen LogP contribution in [-0.4, -0.2) is 19.9 Å². The lowest BCUT2D eigenvalue weighted by Crippen LogP contribution is -2.05. The van der Waals surface area contributed by atoms with Crippen LogP contribution in [0.15, 0.2) is 12.4 Å². The molecule has 0 aliphatic heterocycles. The van der Waals surface area contributed by atoms with E-state index in [1.54, 1.807) is 0 Å². The summed E-state index contributed by atoms with van der Waals surface area (Å²) in [5.74, 6) is -0.837. The molecule has 0 aliphatic rings. The predicted octanol–water partition coefficient (Wildman–Crippen LogP) is 2.84. The number of hydrogen-bond acceptors (Lipinski definition) is 2. The van der Waals surface area contributed by atoms with Crippen molar-refractivity contribution in [3.8, 4) is 11.6 Å². The number of aromatic nitrogens is 4. The number of nitrogens with one attached hydrogen (secondary N) is 2. The van der Waals surface area contributed by atoms with Gasteiger partial charge in [0, 0.05) is 0 Å². The Labute approximate surface area is 95.1 Å². The molecule has 0 amide bonds. The molecule has 18 heavy (non-hydrogen) atoms. The minimum Gasteiger partial charge on any atom is -0.332 e. The van der Waals surface area contributed by atoms with E-state index < -0.39 is 35.4 Å². The third-order valence-corrected chi connectivity index (χ3v) is 1.99. The largest absolute Gasteiger partial charge is 0.432 e. The van der Waals surface area contributed by atoms with Crippen LogP contribution in [0.5, 0.6) is 0 Å². The number of halogens is 6. The Kier molecular flexibility index (Phi) is 2.60. The first-order valence-corrected chi connectivity index (χ1v) is 4.42. The minimum atomic E-state index is -4.65. The van der Waals surface area contributed by atoms with Crippen molar-refractivity contribution in [2.24, 2.45) is 0 Å². The van der Waals surface area contributed by atoms with E-state index in [4.69, 9.17) is 0 Å². The highest BCUT2D eigenvalue weighted by molar-refractivity contribution is 5.44. The van der Waals surface area contributed by atoms with E-state index in [-0.39, 0.29) is 0 Å². The number of nitrogens with zero attached hydrogens (tertiary/aromatic N) is 2. The topological polar surface area (TPSA) is 57.4 Å². The second-order valence-corrected chi connectivity index (χ2v) is 3.29. The van der Waals surface area contributed by atoms with Gasteiger partial charge < -0.3 is 9.97 Å². The fourth-order valence-corrected chi connectivity index (χ4v) is 1.17. The molecule has 0 aromatic carbocycles. The zero-order valence-electron chi connectivity index (χ0n) is 8.32. The minimum absolute atomic E-state index is 0.419. The van der Waals surface area contributed by atoms with Crippen molar-refractivity contribution in [1.29, 1.82) is 0 Å². The molecule has 0 atom stereocenters. The molecule has 0 bridgehead atoms. The van der Waals surface area contributed by atoms with E-state index in [2.05, 4.69) is 9.97 Å². The number of imidazole rings is 2. The van der Waals surface area contributed by atoms with Crippen LogP contribution in [0, 0.1) is 0 Å². The summed E-state index contributed by atoms with van der Waals surface area (Å²) >= 11 is 0. The maximum Gasteiger partial charge on any atom is 0.432 e. The summed E-state index contributed by atoms with van der Waals surface area (Å²) in [7, 11) is 0. The summed E-state index contributed by atoms with van der Waals surface area (Å²) in [6.45, 7) is 0. The second kappa shape index (κ2) is 3.75. The molecule has 2 rings (SSSR count). The van der Waals surface area contributed by atoms with Crippen molar-refractivity contribution in [2.75, 3.05) is 0 Å². The monoisotopic (exact) mass is 270 g/mol. The first-order valence-electron chi connectivity index (χ1n) is 4.42. The van der Waals surface area contributed by atoms with Gasteiger partial charge in [-0.25, -0.2) is 9.97 Å². The van der Waals surface area contributed by atoms with E-state index in [1.165, 1.54) is 0 Å². The van der Waals surface area contributed by atoms with Gasteiger partial charge in [-0.05, 0) is 0 Å². The van der Waals surface area contributed by atoms with Crippen LogP contribution in [0.25, 0.3) is 11.6 Å². The van der Waals surface area contributed by atoms with Crippen LogP contribution in [0.1, 0.15) is 11.4 Å². The Hall–Kier alpha value is -2.00. The van der Waals surface area contributed by atoms with Gasteiger partial charge in [0.25, 0.3) is 0 Å². The van der Waals surface area contributed by atoms with Gasteiger partial charge in [0.2, 0.25) is 0 Å². The molecular weight excluding hydrogens is 266 g/mol. The van der Waals surface area contributed by atoms with Crippen molar-refractivity contribution < 1.29 is 26.3 Å². The summed E-state index contributed by atoms with van der Waals surface area (Å²) < 4.78 is 73.4. The smallest absolute Gasteiger partial charge is 0.332 e. The summed E-state index contributed by atoms with van der Waals surface area (Å²) in [5.41, 5.74) is -2.33. The molecular formula is C8H4F6N4. The molecule has 0 fully saturated rings. The lowest BCUT2D eigenvalue weighted by molar-refractivity contribution is -0.141. The fourth-order valence-electron chi connectivity index (χ4n) is 1.17. The van der Waals surface area contributed by atoms with Gasteiger partial charge >= 0.3 is 12.4 Å². The zero-order chi connectivity index (χ0) is 13.6. The Morgan fingerprint density at radius 1 is 0.722 bits per heavy atom. The molecule has 98 valence electrons. The van der Waals surface area contributed by atoms with Gasteiger partial charge in [0.05, 0.1) is 12.4 Å². The average molecular weight is 270 g/mol. The highest BCUT2D eigenvalue weighted by atomic mass is 19.4. The molecule has 4 nitrogen and oxygen atoms in total. The molecule has 0 spiro atoms. The van der Waals surface area contributed by atoms with Gasteiger partial charge in [-0.1, -0.05) is 0 Å².